The Morgan fingerprint density at radius 1 is 0.808 bits per heavy atom. The van der Waals surface area contributed by atoms with Crippen LogP contribution in [0.15, 0.2) is 11.6 Å². The highest BCUT2D eigenvalue weighted by molar-refractivity contribution is 5.07. The molecule has 2 unspecified atom stereocenters. The number of hydrogen-bond donors (Lipinski definition) is 1. The first-order valence-corrected chi connectivity index (χ1v) is 12.0. The third-order valence-corrected chi connectivity index (χ3v) is 6.25. The van der Waals surface area contributed by atoms with Crippen LogP contribution in [0.4, 0.5) is 0 Å². The summed E-state index contributed by atoms with van der Waals surface area (Å²) in [5.41, 5.74) is 1.66. The second-order valence-corrected chi connectivity index (χ2v) is 8.40. The van der Waals surface area contributed by atoms with Gasteiger partial charge in [0.1, 0.15) is 0 Å². The molecule has 0 radical (unpaired) electrons. The van der Waals surface area contributed by atoms with E-state index < -0.39 is 0 Å². The van der Waals surface area contributed by atoms with Gasteiger partial charge in [-0.1, -0.05) is 105 Å². The zero-order valence-electron chi connectivity index (χ0n) is 19.2. The number of rotatable bonds is 18. The smallest absolute Gasteiger partial charge is 0.00142 e. The van der Waals surface area contributed by atoms with Crippen molar-refractivity contribution >= 4 is 0 Å². The van der Waals surface area contributed by atoms with Crippen LogP contribution in [0, 0.1) is 17.8 Å². The molecule has 1 nitrogen and oxygen atoms in total. The van der Waals surface area contributed by atoms with Gasteiger partial charge in [0.25, 0.3) is 0 Å². The summed E-state index contributed by atoms with van der Waals surface area (Å²) in [6.45, 7) is 16.4. The SMILES string of the molecule is CCCCCC(CC)CCCCCNCC(C)C(=CC(CC)CC)CC. The molecule has 26 heavy (non-hydrogen) atoms. The quantitative estimate of drug-likeness (QED) is 0.191. The van der Waals surface area contributed by atoms with Gasteiger partial charge < -0.3 is 5.32 Å². The number of allylic oxidation sites excluding steroid dienone is 1. The fourth-order valence-electron chi connectivity index (χ4n) is 4.00. The molecule has 0 saturated heterocycles. The lowest BCUT2D eigenvalue weighted by atomic mass is 9.92. The maximum absolute atomic E-state index is 3.71. The van der Waals surface area contributed by atoms with E-state index in [0.717, 1.165) is 18.4 Å². The minimum atomic E-state index is 0.684. The molecule has 0 aliphatic heterocycles. The molecule has 0 amide bonds. The maximum Gasteiger partial charge on any atom is 0.00142 e. The lowest BCUT2D eigenvalue weighted by Crippen LogP contribution is -2.23. The monoisotopic (exact) mass is 365 g/mol. The van der Waals surface area contributed by atoms with E-state index in [1.54, 1.807) is 5.57 Å². The largest absolute Gasteiger partial charge is 0.316 e. The van der Waals surface area contributed by atoms with Crippen LogP contribution < -0.4 is 5.32 Å². The summed E-state index contributed by atoms with van der Waals surface area (Å²) in [6, 6.07) is 0. The van der Waals surface area contributed by atoms with E-state index in [4.69, 9.17) is 0 Å². The number of hydrogen-bond acceptors (Lipinski definition) is 1. The third kappa shape index (κ3) is 13.0. The van der Waals surface area contributed by atoms with Gasteiger partial charge in [0.2, 0.25) is 0 Å². The Labute approximate surface area is 166 Å². The number of unbranched alkanes of at least 4 members (excludes halogenated alkanes) is 4. The van der Waals surface area contributed by atoms with E-state index >= 15 is 0 Å². The van der Waals surface area contributed by atoms with Crippen molar-refractivity contribution in [2.24, 2.45) is 17.8 Å². The van der Waals surface area contributed by atoms with Gasteiger partial charge in [0.15, 0.2) is 0 Å². The van der Waals surface area contributed by atoms with Crippen LogP contribution in [0.3, 0.4) is 0 Å². The fraction of sp³-hybridized carbons (Fsp3) is 0.920. The van der Waals surface area contributed by atoms with Gasteiger partial charge in [0.05, 0.1) is 0 Å². The van der Waals surface area contributed by atoms with Gasteiger partial charge in [-0.05, 0) is 50.0 Å². The number of nitrogens with one attached hydrogen (secondary N) is 1. The van der Waals surface area contributed by atoms with Crippen LogP contribution >= 0.6 is 0 Å². The molecule has 0 fully saturated rings. The van der Waals surface area contributed by atoms with Crippen molar-refractivity contribution in [3.8, 4) is 0 Å². The molecule has 1 heteroatoms. The average Bonchev–Trinajstić information content (AvgIpc) is 2.66. The lowest BCUT2D eigenvalue weighted by Gasteiger charge is -2.18. The second-order valence-electron chi connectivity index (χ2n) is 8.40. The van der Waals surface area contributed by atoms with Gasteiger partial charge in [-0.3, -0.25) is 0 Å². The van der Waals surface area contributed by atoms with Gasteiger partial charge in [0, 0.05) is 6.54 Å². The van der Waals surface area contributed by atoms with Crippen molar-refractivity contribution in [3.05, 3.63) is 11.6 Å². The van der Waals surface area contributed by atoms with Crippen LogP contribution in [0.25, 0.3) is 0 Å². The first kappa shape index (κ1) is 25.7. The van der Waals surface area contributed by atoms with E-state index in [-0.39, 0.29) is 0 Å². The highest BCUT2D eigenvalue weighted by atomic mass is 14.8. The van der Waals surface area contributed by atoms with Crippen molar-refractivity contribution in [2.75, 3.05) is 13.1 Å². The second kappa shape index (κ2) is 18.1. The van der Waals surface area contributed by atoms with E-state index in [0.29, 0.717) is 5.92 Å². The Hall–Kier alpha value is -0.300. The predicted octanol–water partition coefficient (Wildman–Crippen LogP) is 8.15. The third-order valence-electron chi connectivity index (χ3n) is 6.25. The summed E-state index contributed by atoms with van der Waals surface area (Å²) in [7, 11) is 0. The molecule has 156 valence electrons. The van der Waals surface area contributed by atoms with Crippen molar-refractivity contribution in [1.29, 1.82) is 0 Å². The van der Waals surface area contributed by atoms with E-state index in [9.17, 15) is 0 Å². The van der Waals surface area contributed by atoms with Crippen LogP contribution in [-0.4, -0.2) is 13.1 Å². The predicted molar refractivity (Wildman–Crippen MR) is 121 cm³/mol. The fourth-order valence-corrected chi connectivity index (χ4v) is 4.00. The Balaban J connectivity index is 3.84. The zero-order valence-corrected chi connectivity index (χ0v) is 19.2. The highest BCUT2D eigenvalue weighted by Crippen LogP contribution is 2.21. The minimum Gasteiger partial charge on any atom is -0.316 e. The summed E-state index contributed by atoms with van der Waals surface area (Å²) in [6.07, 6.45) is 19.0. The average molecular weight is 366 g/mol. The highest BCUT2D eigenvalue weighted by Gasteiger charge is 2.09. The van der Waals surface area contributed by atoms with E-state index in [1.165, 1.54) is 83.6 Å². The molecule has 0 aromatic carbocycles. The Morgan fingerprint density at radius 2 is 1.46 bits per heavy atom. The van der Waals surface area contributed by atoms with Gasteiger partial charge in [-0.15, -0.1) is 0 Å². The summed E-state index contributed by atoms with van der Waals surface area (Å²) >= 11 is 0. The first-order chi connectivity index (χ1) is 12.6. The Bertz CT molecular complexity index is 316. The first-order valence-electron chi connectivity index (χ1n) is 12.0. The standard InChI is InChI=1S/C25H51N/c1-7-12-14-17-24(10-4)18-15-13-16-19-26-21-22(6)25(11-5)20-23(8-2)9-3/h20,22-24,26H,7-19,21H2,1-6H3. The van der Waals surface area contributed by atoms with Crippen molar-refractivity contribution in [3.63, 3.8) is 0 Å². The molecule has 0 aliphatic carbocycles. The van der Waals surface area contributed by atoms with E-state index in [1.807, 2.05) is 0 Å². The molecule has 2 atom stereocenters. The van der Waals surface area contributed by atoms with Crippen molar-refractivity contribution in [2.45, 2.75) is 119 Å². The molecule has 0 saturated carbocycles. The summed E-state index contributed by atoms with van der Waals surface area (Å²) in [5.74, 6) is 2.44. The molecule has 0 heterocycles. The van der Waals surface area contributed by atoms with Crippen molar-refractivity contribution < 1.29 is 0 Å². The molecule has 1 N–H and O–H groups in total. The minimum absolute atomic E-state index is 0.684. The normalized spacial score (nSPS) is 14.8. The van der Waals surface area contributed by atoms with Crippen LogP contribution in [0.5, 0.6) is 0 Å². The molecule has 0 aliphatic rings. The molecular weight excluding hydrogens is 314 g/mol. The summed E-state index contributed by atoms with van der Waals surface area (Å²) in [4.78, 5) is 0. The molecule has 0 rings (SSSR count). The van der Waals surface area contributed by atoms with Gasteiger partial charge >= 0.3 is 0 Å². The molecule has 0 aromatic rings. The van der Waals surface area contributed by atoms with Crippen molar-refractivity contribution in [1.82, 2.24) is 5.32 Å². The van der Waals surface area contributed by atoms with Crippen LogP contribution in [0.1, 0.15) is 119 Å². The van der Waals surface area contributed by atoms with Gasteiger partial charge in [-0.2, -0.15) is 0 Å². The topological polar surface area (TPSA) is 12.0 Å². The molecule has 0 bridgehead atoms. The maximum atomic E-state index is 3.71. The van der Waals surface area contributed by atoms with Crippen LogP contribution in [0.2, 0.25) is 0 Å². The Morgan fingerprint density at radius 3 is 2.00 bits per heavy atom. The molecular formula is C25H51N. The van der Waals surface area contributed by atoms with Gasteiger partial charge in [-0.25, -0.2) is 0 Å². The summed E-state index contributed by atoms with van der Waals surface area (Å²) < 4.78 is 0. The molecule has 0 aromatic heterocycles. The van der Waals surface area contributed by atoms with E-state index in [2.05, 4.69) is 52.9 Å². The summed E-state index contributed by atoms with van der Waals surface area (Å²) in [5, 5.41) is 3.71. The van der Waals surface area contributed by atoms with Crippen LogP contribution in [-0.2, 0) is 0 Å². The Kier molecular flexibility index (Phi) is 17.9. The molecule has 0 spiro atoms. The zero-order chi connectivity index (χ0) is 19.6. The lowest BCUT2D eigenvalue weighted by molar-refractivity contribution is 0.396.